The number of rotatable bonds is 10. The minimum atomic E-state index is -1.32. The number of nitrogen functional groups attached to an aromatic ring is 1. The second kappa shape index (κ2) is 18.1. The Balaban J connectivity index is 1.37. The summed E-state index contributed by atoms with van der Waals surface area (Å²) in [6, 6.07) is 11.1. The van der Waals surface area contributed by atoms with Crippen molar-refractivity contribution in [2.75, 3.05) is 30.7 Å². The molecule has 0 spiro atoms. The summed E-state index contributed by atoms with van der Waals surface area (Å²) >= 11 is 13.3. The van der Waals surface area contributed by atoms with Crippen LogP contribution >= 0.6 is 63.7 Å². The standard InChI is InChI=1S/C38H42Br4N6O7/c1-38(2,3)55-37(54)46-29(16-20-14-26(41)33(50)27(42)15-20)34(51)44-30(19-31(49)22-17-24(39)32(43)25(40)18-22)35(52)47-11-9-23(10-12-47)48-13-8-21-6-4-5-7-28(21)45-36(48)53/h4-7,14-15,17-18,23,29-30,50H,8-13,16,19,43H2,1-3H3,(H,44,51)(H,45,53)(H,46,54). The molecule has 1 saturated heterocycles. The zero-order valence-corrected chi connectivity index (χ0v) is 36.7. The van der Waals surface area contributed by atoms with Gasteiger partial charge in [-0.1, -0.05) is 18.2 Å². The SMILES string of the molecule is CC(C)(C)OC(=O)NC(Cc1cc(Br)c(O)c(Br)c1)C(=O)NC(CC(=O)c1cc(Br)c(N)c(Br)c1)C(=O)N1CCC(N2CCc3ccccc3NC2=O)CC1. The maximum Gasteiger partial charge on any atom is 0.408 e. The fraction of sp³-hybridized carbons (Fsp3) is 0.395. The molecular weight excluding hydrogens is 972 g/mol. The third-order valence-electron chi connectivity index (χ3n) is 9.29. The molecule has 294 valence electrons. The van der Waals surface area contributed by atoms with Crippen LogP contribution in [0.3, 0.4) is 0 Å². The van der Waals surface area contributed by atoms with Gasteiger partial charge in [-0.15, -0.1) is 0 Å². The van der Waals surface area contributed by atoms with E-state index in [0.29, 0.717) is 54.9 Å². The van der Waals surface area contributed by atoms with Gasteiger partial charge in [0.2, 0.25) is 11.8 Å². The van der Waals surface area contributed by atoms with Crippen LogP contribution in [0.2, 0.25) is 0 Å². The van der Waals surface area contributed by atoms with Crippen molar-refractivity contribution >= 4 is 105 Å². The van der Waals surface area contributed by atoms with E-state index in [4.69, 9.17) is 10.5 Å². The van der Waals surface area contributed by atoms with Crippen molar-refractivity contribution in [2.24, 2.45) is 0 Å². The molecule has 6 N–H and O–H groups in total. The number of alkyl carbamates (subject to hydrolysis) is 1. The highest BCUT2D eigenvalue weighted by atomic mass is 79.9. The number of Topliss-reactive ketones (excluding diaryl/α,β-unsaturated/α-hetero) is 1. The molecule has 2 heterocycles. The van der Waals surface area contributed by atoms with Gasteiger partial charge in [-0.25, -0.2) is 9.59 Å². The van der Waals surface area contributed by atoms with Gasteiger partial charge in [-0.2, -0.15) is 0 Å². The molecule has 5 rings (SSSR count). The first kappa shape index (κ1) is 42.5. The summed E-state index contributed by atoms with van der Waals surface area (Å²) in [6.07, 6.45) is 0.379. The fourth-order valence-corrected chi connectivity index (χ4v) is 8.98. The van der Waals surface area contributed by atoms with Crippen LogP contribution in [0.1, 0.15) is 61.5 Å². The molecule has 2 aliphatic rings. The lowest BCUT2D eigenvalue weighted by molar-refractivity contribution is -0.138. The number of nitrogens with two attached hydrogens (primary N) is 1. The zero-order valence-electron chi connectivity index (χ0n) is 30.4. The van der Waals surface area contributed by atoms with E-state index in [9.17, 15) is 29.1 Å². The topological polar surface area (TPSA) is 183 Å². The molecule has 0 aliphatic carbocycles. The number of likely N-dealkylation sites (tertiary alicyclic amines) is 1. The van der Waals surface area contributed by atoms with Crippen molar-refractivity contribution in [2.45, 2.75) is 76.6 Å². The lowest BCUT2D eigenvalue weighted by Gasteiger charge is -2.39. The van der Waals surface area contributed by atoms with Crippen molar-refractivity contribution in [1.82, 2.24) is 20.4 Å². The van der Waals surface area contributed by atoms with E-state index in [-0.39, 0.29) is 42.9 Å². The minimum absolute atomic E-state index is 0.0414. The number of nitrogens with one attached hydrogen (secondary N) is 3. The van der Waals surface area contributed by atoms with Gasteiger partial charge < -0.3 is 41.3 Å². The van der Waals surface area contributed by atoms with E-state index in [1.807, 2.05) is 29.2 Å². The van der Waals surface area contributed by atoms with Gasteiger partial charge in [0.25, 0.3) is 0 Å². The van der Waals surface area contributed by atoms with Crippen LogP contribution in [0.15, 0.2) is 66.4 Å². The van der Waals surface area contributed by atoms with E-state index >= 15 is 0 Å². The smallest absolute Gasteiger partial charge is 0.408 e. The summed E-state index contributed by atoms with van der Waals surface area (Å²) in [4.78, 5) is 71.9. The van der Waals surface area contributed by atoms with Gasteiger partial charge >= 0.3 is 12.1 Å². The molecule has 0 aromatic heterocycles. The molecule has 3 aromatic rings. The molecule has 13 nitrogen and oxygen atoms in total. The lowest BCUT2D eigenvalue weighted by Crippen LogP contribution is -2.57. The van der Waals surface area contributed by atoms with E-state index in [1.54, 1.807) is 49.9 Å². The third kappa shape index (κ3) is 11.0. The van der Waals surface area contributed by atoms with E-state index < -0.39 is 47.8 Å². The number of nitrogens with zero attached hydrogens (tertiary/aromatic N) is 2. The van der Waals surface area contributed by atoms with E-state index in [0.717, 1.165) is 11.3 Å². The fourth-order valence-electron chi connectivity index (χ4n) is 6.51. The molecule has 3 aromatic carbocycles. The Bertz CT molecular complexity index is 1940. The second-order valence-electron chi connectivity index (χ2n) is 14.4. The zero-order chi connectivity index (χ0) is 40.2. The number of hydrogen-bond acceptors (Lipinski definition) is 8. The Morgan fingerprint density at radius 1 is 0.927 bits per heavy atom. The molecule has 0 saturated carbocycles. The molecule has 55 heavy (non-hydrogen) atoms. The van der Waals surface area contributed by atoms with Crippen molar-refractivity contribution in [3.8, 4) is 5.75 Å². The van der Waals surface area contributed by atoms with Crippen LogP contribution < -0.4 is 21.7 Å². The predicted molar refractivity (Wildman–Crippen MR) is 223 cm³/mol. The molecule has 1 fully saturated rings. The first-order valence-corrected chi connectivity index (χ1v) is 20.8. The van der Waals surface area contributed by atoms with Gasteiger partial charge in [-0.05, 0) is 145 Å². The number of hydrogen-bond donors (Lipinski definition) is 5. The molecule has 2 unspecified atom stereocenters. The Morgan fingerprint density at radius 2 is 1.55 bits per heavy atom. The summed E-state index contributed by atoms with van der Waals surface area (Å²) < 4.78 is 7.13. The summed E-state index contributed by atoms with van der Waals surface area (Å²) in [5.41, 5.74) is 8.24. The number of aromatic hydroxyl groups is 1. The van der Waals surface area contributed by atoms with Crippen molar-refractivity contribution in [1.29, 1.82) is 0 Å². The van der Waals surface area contributed by atoms with Gasteiger partial charge in [-0.3, -0.25) is 14.4 Å². The van der Waals surface area contributed by atoms with Crippen molar-refractivity contribution in [3.63, 3.8) is 0 Å². The molecule has 2 atom stereocenters. The van der Waals surface area contributed by atoms with Crippen LogP contribution in [-0.4, -0.2) is 88.0 Å². The minimum Gasteiger partial charge on any atom is -0.506 e. The number of anilines is 2. The first-order chi connectivity index (χ1) is 25.9. The van der Waals surface area contributed by atoms with Crippen LogP contribution in [0.25, 0.3) is 0 Å². The van der Waals surface area contributed by atoms with Gasteiger partial charge in [0.1, 0.15) is 23.4 Å². The lowest BCUT2D eigenvalue weighted by atomic mass is 9.98. The molecule has 2 aliphatic heterocycles. The highest BCUT2D eigenvalue weighted by Crippen LogP contribution is 2.34. The third-order valence-corrected chi connectivity index (χ3v) is 11.8. The molecule has 5 amide bonds. The number of amides is 5. The number of ketones is 1. The Labute approximate surface area is 353 Å². The first-order valence-electron chi connectivity index (χ1n) is 17.6. The number of phenols is 1. The Kier molecular flexibility index (Phi) is 14.0. The summed E-state index contributed by atoms with van der Waals surface area (Å²) in [7, 11) is 0. The number of para-hydroxylation sites is 1. The maximum absolute atomic E-state index is 14.3. The number of urea groups is 1. The van der Waals surface area contributed by atoms with Gasteiger partial charge in [0, 0.05) is 58.7 Å². The monoisotopic (exact) mass is 1010 g/mol. The predicted octanol–water partition coefficient (Wildman–Crippen LogP) is 7.30. The summed E-state index contributed by atoms with van der Waals surface area (Å²) in [5, 5.41) is 18.6. The van der Waals surface area contributed by atoms with Crippen LogP contribution in [0.5, 0.6) is 5.75 Å². The van der Waals surface area contributed by atoms with Gasteiger partial charge in [0.15, 0.2) is 5.78 Å². The summed E-state index contributed by atoms with van der Waals surface area (Å²) in [6.45, 7) is 6.16. The summed E-state index contributed by atoms with van der Waals surface area (Å²) in [5.74, 6) is -1.68. The van der Waals surface area contributed by atoms with E-state index in [2.05, 4.69) is 79.7 Å². The van der Waals surface area contributed by atoms with Crippen LogP contribution in [-0.2, 0) is 27.2 Å². The Hall–Kier alpha value is -3.67. The number of carbonyl (C=O) groups excluding carboxylic acids is 5. The molecule has 17 heteroatoms. The number of halogens is 4. The average molecular weight is 1010 g/mol. The maximum atomic E-state index is 14.3. The number of carbonyl (C=O) groups is 5. The average Bonchev–Trinajstić information content (AvgIpc) is 3.28. The van der Waals surface area contributed by atoms with Crippen LogP contribution in [0, 0.1) is 0 Å². The normalized spacial score (nSPS) is 15.9. The van der Waals surface area contributed by atoms with Gasteiger partial charge in [0.05, 0.1) is 14.6 Å². The number of fused-ring (bicyclic) bond motifs is 1. The number of piperidine rings is 1. The van der Waals surface area contributed by atoms with Crippen LogP contribution in [0.4, 0.5) is 21.0 Å². The molecule has 0 radical (unpaired) electrons. The number of benzene rings is 3. The quantitative estimate of drug-likeness (QED) is 0.104. The van der Waals surface area contributed by atoms with Crippen molar-refractivity contribution in [3.05, 3.63) is 83.1 Å². The Morgan fingerprint density at radius 3 is 2.16 bits per heavy atom. The van der Waals surface area contributed by atoms with Crippen molar-refractivity contribution < 1.29 is 33.8 Å². The van der Waals surface area contributed by atoms with E-state index in [1.165, 1.54) is 0 Å². The molecular formula is C38H42Br4N6O7. The number of phenolic OH excluding ortho intramolecular Hbond substituents is 1. The highest BCUT2D eigenvalue weighted by Gasteiger charge is 2.36. The molecule has 0 bridgehead atoms. The largest absolute Gasteiger partial charge is 0.506 e. The number of ether oxygens (including phenoxy) is 1. The highest BCUT2D eigenvalue weighted by molar-refractivity contribution is 9.11. The second-order valence-corrected chi connectivity index (χ2v) is 17.9.